The van der Waals surface area contributed by atoms with E-state index < -0.39 is 0 Å². The fourth-order valence-corrected chi connectivity index (χ4v) is 5.95. The number of nitrogens with zero attached hydrogens (tertiary/aromatic N) is 4. The third-order valence-corrected chi connectivity index (χ3v) is 7.88. The van der Waals surface area contributed by atoms with E-state index in [2.05, 4.69) is 84.0 Å². The predicted molar refractivity (Wildman–Crippen MR) is 177 cm³/mol. The van der Waals surface area contributed by atoms with Gasteiger partial charge in [-0.1, -0.05) is 29.8 Å². The van der Waals surface area contributed by atoms with Gasteiger partial charge in [-0.15, -0.1) is 29.7 Å². The summed E-state index contributed by atoms with van der Waals surface area (Å²) in [6.45, 7) is 8.87. The van der Waals surface area contributed by atoms with Gasteiger partial charge < -0.3 is 18.8 Å². The largest absolute Gasteiger partial charge is 2.00 e. The topological polar surface area (TPSA) is 63.3 Å². The molecule has 7 nitrogen and oxygen atoms in total. The number of fused-ring (bicyclic) bond motifs is 3. The van der Waals surface area contributed by atoms with E-state index in [-0.39, 0.29) is 21.1 Å². The minimum absolute atomic E-state index is 0. The molecule has 0 amide bonds. The summed E-state index contributed by atoms with van der Waals surface area (Å²) in [7, 11) is 1.63. The van der Waals surface area contributed by atoms with E-state index in [1.165, 1.54) is 0 Å². The second-order valence-electron chi connectivity index (χ2n) is 11.0. The summed E-state index contributed by atoms with van der Waals surface area (Å²) >= 11 is 0. The Bertz CT molecular complexity index is 2180. The Morgan fingerprint density at radius 2 is 1.63 bits per heavy atom. The van der Waals surface area contributed by atoms with Crippen molar-refractivity contribution in [2.75, 3.05) is 13.7 Å². The van der Waals surface area contributed by atoms with Gasteiger partial charge in [-0.05, 0) is 91.4 Å². The van der Waals surface area contributed by atoms with Crippen LogP contribution in [-0.4, -0.2) is 33.0 Å². The van der Waals surface area contributed by atoms with Gasteiger partial charge in [0.05, 0.1) is 19.9 Å². The summed E-state index contributed by atoms with van der Waals surface area (Å²) in [5.41, 5.74) is 8.15. The van der Waals surface area contributed by atoms with Crippen LogP contribution in [0.25, 0.3) is 44.4 Å². The molecule has 4 aromatic carbocycles. The van der Waals surface area contributed by atoms with Gasteiger partial charge in [0.15, 0.2) is 0 Å². The molecule has 8 heteroatoms. The Morgan fingerprint density at radius 1 is 0.826 bits per heavy atom. The van der Waals surface area contributed by atoms with E-state index in [9.17, 15) is 0 Å². The first-order valence-corrected chi connectivity index (χ1v) is 14.9. The van der Waals surface area contributed by atoms with Crippen molar-refractivity contribution < 1.29 is 35.3 Å². The number of ether oxygens (including phenoxy) is 3. The van der Waals surface area contributed by atoms with E-state index in [4.69, 9.17) is 14.2 Å². The van der Waals surface area contributed by atoms with E-state index in [1.54, 1.807) is 11.8 Å². The van der Waals surface area contributed by atoms with Crippen molar-refractivity contribution in [3.63, 3.8) is 0 Å². The second-order valence-corrected chi connectivity index (χ2v) is 11.0. The smallest absolute Gasteiger partial charge is 0.522 e. The quantitative estimate of drug-likeness (QED) is 0.144. The van der Waals surface area contributed by atoms with Crippen LogP contribution in [0.2, 0.25) is 0 Å². The molecule has 232 valence electrons. The fourth-order valence-electron chi connectivity index (χ4n) is 5.95. The molecule has 3 heterocycles. The summed E-state index contributed by atoms with van der Waals surface area (Å²) in [6.07, 6.45) is 5.69. The van der Waals surface area contributed by atoms with Crippen LogP contribution in [0.3, 0.4) is 0 Å². The maximum Gasteiger partial charge on any atom is 2.00 e. The number of rotatable bonds is 8. The number of methoxy groups -OCH3 is 1. The molecule has 7 aromatic rings. The summed E-state index contributed by atoms with van der Waals surface area (Å²) in [5.74, 6) is 3.37. The van der Waals surface area contributed by atoms with Crippen LogP contribution in [0, 0.1) is 32.9 Å². The Hall–Kier alpha value is -4.87. The van der Waals surface area contributed by atoms with Crippen molar-refractivity contribution in [1.82, 2.24) is 19.3 Å². The van der Waals surface area contributed by atoms with Gasteiger partial charge in [-0.3, -0.25) is 4.68 Å². The molecule has 0 bridgehead atoms. The van der Waals surface area contributed by atoms with Crippen LogP contribution in [0.15, 0.2) is 91.4 Å². The van der Waals surface area contributed by atoms with Gasteiger partial charge in [-0.2, -0.15) is 11.2 Å². The molecule has 0 spiro atoms. The van der Waals surface area contributed by atoms with Crippen molar-refractivity contribution >= 4 is 21.8 Å². The summed E-state index contributed by atoms with van der Waals surface area (Å²) in [4.78, 5) is 4.67. The first-order chi connectivity index (χ1) is 21.9. The molecule has 0 unspecified atom stereocenters. The number of pyridine rings is 1. The zero-order valence-electron chi connectivity index (χ0n) is 26.2. The Kier molecular flexibility index (Phi) is 8.70. The van der Waals surface area contributed by atoms with Crippen LogP contribution >= 0.6 is 0 Å². The van der Waals surface area contributed by atoms with Crippen molar-refractivity contribution in [2.24, 2.45) is 0 Å². The Labute approximate surface area is 282 Å². The predicted octanol–water partition coefficient (Wildman–Crippen LogP) is 8.75. The number of hydrogen-bond donors (Lipinski definition) is 0. The Morgan fingerprint density at radius 3 is 2.39 bits per heavy atom. The molecule has 46 heavy (non-hydrogen) atoms. The normalized spacial score (nSPS) is 11.1. The van der Waals surface area contributed by atoms with Crippen LogP contribution < -0.4 is 14.2 Å². The third-order valence-electron chi connectivity index (χ3n) is 7.88. The van der Waals surface area contributed by atoms with Crippen LogP contribution in [-0.2, 0) is 21.1 Å². The monoisotopic (exact) mass is 787 g/mol. The summed E-state index contributed by atoms with van der Waals surface area (Å²) < 4.78 is 21.7. The molecule has 0 saturated heterocycles. The van der Waals surface area contributed by atoms with E-state index in [1.807, 2.05) is 61.9 Å². The molecule has 0 N–H and O–H groups in total. The summed E-state index contributed by atoms with van der Waals surface area (Å²) in [6, 6.07) is 31.1. The van der Waals surface area contributed by atoms with Gasteiger partial charge in [-0.25, -0.2) is 4.98 Å². The zero-order chi connectivity index (χ0) is 31.1. The zero-order valence-corrected chi connectivity index (χ0v) is 28.5. The van der Waals surface area contributed by atoms with Crippen molar-refractivity contribution in [3.8, 4) is 45.6 Å². The molecule has 7 rings (SSSR count). The fraction of sp³-hybridized carbons (Fsp3) is 0.158. The Balaban J connectivity index is 0.00000372. The molecule has 0 saturated carbocycles. The van der Waals surface area contributed by atoms with Gasteiger partial charge in [0.2, 0.25) is 0 Å². The minimum Gasteiger partial charge on any atom is -0.522 e. The van der Waals surface area contributed by atoms with Crippen LogP contribution in [0.5, 0.6) is 23.0 Å². The van der Waals surface area contributed by atoms with Crippen LogP contribution in [0.1, 0.15) is 23.6 Å². The number of benzene rings is 4. The number of aromatic nitrogens is 4. The van der Waals surface area contributed by atoms with Gasteiger partial charge >= 0.3 is 21.1 Å². The number of para-hydroxylation sites is 1. The molecule has 0 aliphatic heterocycles. The molecule has 0 fully saturated rings. The molecule has 3 aromatic heterocycles. The van der Waals surface area contributed by atoms with Crippen LogP contribution in [0.4, 0.5) is 0 Å². The van der Waals surface area contributed by atoms with Crippen molar-refractivity contribution in [2.45, 2.75) is 27.7 Å². The first-order valence-electron chi connectivity index (χ1n) is 14.9. The molecular formula is C38H32N4O3Pt. The van der Waals surface area contributed by atoms with Gasteiger partial charge in [0, 0.05) is 40.7 Å². The second kappa shape index (κ2) is 12.9. The standard InChI is InChI=1S/C38H32N4O3.Pt/c1-6-44-31-16-25(3)38(26(4)17-31)27-22-40-41(23-27)28-18-30(43-5)20-32(19-28)45-29-11-12-34-33-9-7-8-10-35(33)42(36(34)21-29)37-15-24(2)13-14-39-37;/h7-18,20,22-23H,6H2,1-5H3;/q-2;+2. The van der Waals surface area contributed by atoms with E-state index >= 15 is 0 Å². The third kappa shape index (κ3) is 5.79. The van der Waals surface area contributed by atoms with Gasteiger partial charge in [0.1, 0.15) is 11.6 Å². The van der Waals surface area contributed by atoms with Gasteiger partial charge in [0.25, 0.3) is 0 Å². The molecular weight excluding hydrogens is 756 g/mol. The minimum atomic E-state index is 0. The first kappa shape index (κ1) is 31.1. The average molecular weight is 788 g/mol. The average Bonchev–Trinajstić information content (AvgIpc) is 3.64. The molecule has 0 aliphatic carbocycles. The molecule has 0 radical (unpaired) electrons. The van der Waals surface area contributed by atoms with Crippen molar-refractivity contribution in [3.05, 3.63) is 120 Å². The number of hydrogen-bond acceptors (Lipinski definition) is 5. The van der Waals surface area contributed by atoms with E-state index in [0.717, 1.165) is 61.2 Å². The molecule has 0 aliphatic rings. The van der Waals surface area contributed by atoms with E-state index in [0.29, 0.717) is 29.5 Å². The SMILES string of the molecule is CCOc1cc(C)c(-c2cnn(-c3[c-]c(Oc4[c-]c5c(cc4)c4ccccc4n5-c4cc(C)ccn4)cc(OC)c3)c2)c(C)c1.[Pt+2]. The number of aryl methyl sites for hydroxylation is 3. The van der Waals surface area contributed by atoms with Crippen molar-refractivity contribution in [1.29, 1.82) is 0 Å². The summed E-state index contributed by atoms with van der Waals surface area (Å²) in [5, 5.41) is 6.87. The maximum absolute atomic E-state index is 6.39. The molecule has 0 atom stereocenters. The maximum atomic E-state index is 6.39.